The highest BCUT2D eigenvalue weighted by Gasteiger charge is 2.33. The molecule has 1 fully saturated rings. The Balaban J connectivity index is 1.75. The van der Waals surface area contributed by atoms with Crippen LogP contribution in [0.4, 0.5) is 5.82 Å². The van der Waals surface area contributed by atoms with Crippen molar-refractivity contribution in [3.8, 4) is 0 Å². The molecular weight excluding hydrogens is 304 g/mol. The molecule has 0 aliphatic carbocycles. The van der Waals surface area contributed by atoms with Gasteiger partial charge in [0.15, 0.2) is 5.82 Å². The van der Waals surface area contributed by atoms with Crippen molar-refractivity contribution >= 4 is 28.5 Å². The number of amides is 1. The highest BCUT2D eigenvalue weighted by atomic mass is 16.2. The fourth-order valence-electron chi connectivity index (χ4n) is 3.24. The van der Waals surface area contributed by atoms with Crippen LogP contribution in [0.5, 0.6) is 0 Å². The molecule has 1 aliphatic rings. The van der Waals surface area contributed by atoms with Gasteiger partial charge in [-0.2, -0.15) is 4.68 Å². The molecule has 1 saturated heterocycles. The third-order valence-corrected chi connectivity index (χ3v) is 4.60. The molecule has 128 valence electrons. The summed E-state index contributed by atoms with van der Waals surface area (Å²) in [6.45, 7) is 6.99. The number of para-hydroxylation sites is 1. The lowest BCUT2D eigenvalue weighted by Gasteiger charge is -2.35. The van der Waals surface area contributed by atoms with Gasteiger partial charge in [-0.25, -0.2) is 0 Å². The first kappa shape index (κ1) is 16.5. The van der Waals surface area contributed by atoms with Crippen molar-refractivity contribution in [1.29, 1.82) is 0 Å². The molecule has 1 aromatic carbocycles. The van der Waals surface area contributed by atoms with Gasteiger partial charge in [-0.15, -0.1) is 5.10 Å². The molecule has 0 bridgehead atoms. The molecule has 0 saturated carbocycles. The van der Waals surface area contributed by atoms with Gasteiger partial charge in [-0.1, -0.05) is 32.9 Å². The first-order valence-corrected chi connectivity index (χ1v) is 8.36. The Kier molecular flexibility index (Phi) is 4.07. The van der Waals surface area contributed by atoms with Crippen molar-refractivity contribution in [1.82, 2.24) is 14.7 Å². The molecule has 2 N–H and O–H groups in total. The van der Waals surface area contributed by atoms with Crippen LogP contribution in [0.3, 0.4) is 0 Å². The molecule has 0 unspecified atom stereocenters. The van der Waals surface area contributed by atoms with Crippen LogP contribution in [-0.4, -0.2) is 39.6 Å². The van der Waals surface area contributed by atoms with Gasteiger partial charge in [0.2, 0.25) is 5.91 Å². The van der Waals surface area contributed by atoms with Gasteiger partial charge >= 0.3 is 0 Å². The zero-order valence-corrected chi connectivity index (χ0v) is 14.5. The number of anilines is 1. The lowest BCUT2D eigenvalue weighted by atomic mass is 9.90. The summed E-state index contributed by atoms with van der Waals surface area (Å²) in [5, 5.41) is 5.02. The van der Waals surface area contributed by atoms with E-state index in [1.54, 1.807) is 0 Å². The van der Waals surface area contributed by atoms with E-state index in [4.69, 9.17) is 5.73 Å². The minimum Gasteiger partial charge on any atom is -0.382 e. The molecule has 1 aromatic heterocycles. The van der Waals surface area contributed by atoms with E-state index in [9.17, 15) is 9.59 Å². The van der Waals surface area contributed by atoms with Gasteiger partial charge < -0.3 is 10.6 Å². The lowest BCUT2D eigenvalue weighted by Crippen LogP contribution is -2.45. The van der Waals surface area contributed by atoms with Crippen molar-refractivity contribution in [2.45, 2.75) is 33.6 Å². The molecule has 1 aliphatic heterocycles. The first-order chi connectivity index (χ1) is 11.3. The number of nitrogen functional groups attached to an aromatic ring is 1. The number of fused-ring (bicyclic) bond motifs is 1. The summed E-state index contributed by atoms with van der Waals surface area (Å²) >= 11 is 0. The predicted molar refractivity (Wildman–Crippen MR) is 93.5 cm³/mol. The Labute approximate surface area is 141 Å². The molecular formula is C18H24N4O2. The largest absolute Gasteiger partial charge is 0.382 e. The van der Waals surface area contributed by atoms with E-state index < -0.39 is 0 Å². The number of piperidine rings is 1. The quantitative estimate of drug-likeness (QED) is 0.872. The van der Waals surface area contributed by atoms with E-state index in [-0.39, 0.29) is 23.1 Å². The Hall–Kier alpha value is -2.37. The monoisotopic (exact) mass is 328 g/mol. The number of benzene rings is 1. The summed E-state index contributed by atoms with van der Waals surface area (Å²) in [5.74, 6) is 0.351. The average Bonchev–Trinajstić information content (AvgIpc) is 2.90. The second kappa shape index (κ2) is 5.92. The summed E-state index contributed by atoms with van der Waals surface area (Å²) in [6, 6.07) is 7.48. The molecule has 6 nitrogen and oxygen atoms in total. The molecule has 0 spiro atoms. The smallest absolute Gasteiger partial charge is 0.250 e. The van der Waals surface area contributed by atoms with E-state index in [2.05, 4.69) is 5.10 Å². The molecule has 3 rings (SSSR count). The molecule has 0 atom stereocenters. The zero-order valence-electron chi connectivity index (χ0n) is 14.5. The summed E-state index contributed by atoms with van der Waals surface area (Å²) < 4.78 is 1.43. The second-order valence-electron chi connectivity index (χ2n) is 7.47. The van der Waals surface area contributed by atoms with Crippen molar-refractivity contribution < 1.29 is 9.59 Å². The van der Waals surface area contributed by atoms with Crippen molar-refractivity contribution in [3.63, 3.8) is 0 Å². The van der Waals surface area contributed by atoms with Gasteiger partial charge in [0.25, 0.3) is 5.91 Å². The number of carbonyl (C=O) groups is 2. The number of carbonyl (C=O) groups excluding carboxylic acids is 2. The van der Waals surface area contributed by atoms with Crippen LogP contribution in [0.15, 0.2) is 24.3 Å². The third kappa shape index (κ3) is 2.88. The normalized spacial score (nSPS) is 16.5. The maximum absolute atomic E-state index is 12.8. The summed E-state index contributed by atoms with van der Waals surface area (Å²) in [7, 11) is 0. The molecule has 6 heteroatoms. The van der Waals surface area contributed by atoms with E-state index in [1.807, 2.05) is 49.9 Å². The number of hydrogen-bond donors (Lipinski definition) is 1. The third-order valence-electron chi connectivity index (χ3n) is 4.60. The topological polar surface area (TPSA) is 81.2 Å². The van der Waals surface area contributed by atoms with Crippen LogP contribution in [0.1, 0.15) is 38.4 Å². The van der Waals surface area contributed by atoms with E-state index in [0.717, 1.165) is 10.9 Å². The Morgan fingerprint density at radius 1 is 1.17 bits per heavy atom. The number of aromatic nitrogens is 2. The Morgan fingerprint density at radius 2 is 1.79 bits per heavy atom. The minimum atomic E-state index is -0.385. The SMILES string of the molecule is CC(C)(C)C(=O)N1CCC(C(=O)n2nc(N)c3ccccc32)CC1. The second-order valence-corrected chi connectivity index (χ2v) is 7.47. The highest BCUT2D eigenvalue weighted by Crippen LogP contribution is 2.26. The fraction of sp³-hybridized carbons (Fsp3) is 0.500. The molecule has 0 radical (unpaired) electrons. The maximum atomic E-state index is 12.8. The minimum absolute atomic E-state index is 0.0363. The van der Waals surface area contributed by atoms with Crippen LogP contribution in [-0.2, 0) is 4.79 Å². The van der Waals surface area contributed by atoms with Crippen molar-refractivity contribution in [2.75, 3.05) is 18.8 Å². The Morgan fingerprint density at radius 3 is 2.42 bits per heavy atom. The summed E-state index contributed by atoms with van der Waals surface area (Å²) in [6.07, 6.45) is 1.32. The average molecular weight is 328 g/mol. The van der Waals surface area contributed by atoms with Crippen LogP contribution in [0, 0.1) is 11.3 Å². The first-order valence-electron chi connectivity index (χ1n) is 8.36. The standard InChI is InChI=1S/C18H24N4O2/c1-18(2,3)17(24)21-10-8-12(9-11-21)16(23)22-14-7-5-4-6-13(14)15(19)20-22/h4-7,12H,8-11H2,1-3H3,(H2,19,20). The van der Waals surface area contributed by atoms with Crippen LogP contribution in [0.2, 0.25) is 0 Å². The number of nitrogens with two attached hydrogens (primary N) is 1. The number of hydrogen-bond acceptors (Lipinski definition) is 4. The van der Waals surface area contributed by atoms with Crippen molar-refractivity contribution in [3.05, 3.63) is 24.3 Å². The zero-order chi connectivity index (χ0) is 17.5. The number of nitrogens with zero attached hydrogens (tertiary/aromatic N) is 3. The van der Waals surface area contributed by atoms with Crippen LogP contribution in [0.25, 0.3) is 10.9 Å². The van der Waals surface area contributed by atoms with Gasteiger partial charge in [0.05, 0.1) is 5.52 Å². The molecule has 2 aromatic rings. The van der Waals surface area contributed by atoms with Gasteiger partial charge in [-0.3, -0.25) is 9.59 Å². The lowest BCUT2D eigenvalue weighted by molar-refractivity contribution is -0.140. The molecule has 24 heavy (non-hydrogen) atoms. The highest BCUT2D eigenvalue weighted by molar-refractivity contribution is 5.97. The van der Waals surface area contributed by atoms with E-state index in [0.29, 0.717) is 31.7 Å². The van der Waals surface area contributed by atoms with E-state index in [1.165, 1.54) is 4.68 Å². The fourth-order valence-corrected chi connectivity index (χ4v) is 3.24. The number of likely N-dealkylation sites (tertiary alicyclic amines) is 1. The summed E-state index contributed by atoms with van der Waals surface area (Å²) in [4.78, 5) is 27.1. The van der Waals surface area contributed by atoms with Crippen LogP contribution >= 0.6 is 0 Å². The van der Waals surface area contributed by atoms with E-state index >= 15 is 0 Å². The Bertz CT molecular complexity index is 780. The maximum Gasteiger partial charge on any atom is 0.250 e. The molecule has 2 heterocycles. The number of rotatable bonds is 1. The van der Waals surface area contributed by atoms with Gasteiger partial charge in [0.1, 0.15) is 0 Å². The van der Waals surface area contributed by atoms with Crippen LogP contribution < -0.4 is 5.73 Å². The van der Waals surface area contributed by atoms with Gasteiger partial charge in [-0.05, 0) is 25.0 Å². The summed E-state index contributed by atoms with van der Waals surface area (Å²) in [5.41, 5.74) is 6.28. The van der Waals surface area contributed by atoms with Gasteiger partial charge in [0, 0.05) is 29.8 Å². The van der Waals surface area contributed by atoms with Crippen molar-refractivity contribution in [2.24, 2.45) is 11.3 Å². The predicted octanol–water partition coefficient (Wildman–Crippen LogP) is 2.54. The molecule has 1 amide bonds.